The molecule has 0 aromatic heterocycles. The molecule has 0 atom stereocenters. The first-order valence-electron chi connectivity index (χ1n) is 6.04. The molecule has 1 rings (SSSR count). The Labute approximate surface area is 108 Å². The molecule has 0 heterocycles. The van der Waals surface area contributed by atoms with Crippen molar-refractivity contribution in [1.82, 2.24) is 0 Å². The van der Waals surface area contributed by atoms with Gasteiger partial charge in [0.2, 0.25) is 0 Å². The van der Waals surface area contributed by atoms with E-state index in [1.807, 2.05) is 12.1 Å². The molecular formula is C14H20O4. The summed E-state index contributed by atoms with van der Waals surface area (Å²) >= 11 is 0. The number of ether oxygens (including phenoxy) is 3. The van der Waals surface area contributed by atoms with Crippen LogP contribution in [-0.4, -0.2) is 39.3 Å². The largest absolute Gasteiger partial charge is 0.494 e. The first kappa shape index (κ1) is 14.7. The number of benzene rings is 1. The number of carbonyl (C=O) groups excluding carboxylic acids is 1. The lowest BCUT2D eigenvalue weighted by atomic mass is 10.1. The van der Waals surface area contributed by atoms with Crippen molar-refractivity contribution in [3.05, 3.63) is 29.8 Å². The Bertz CT molecular complexity index is 345. The average molecular weight is 252 g/mol. The molecule has 100 valence electrons. The summed E-state index contributed by atoms with van der Waals surface area (Å²) in [6.07, 6.45) is 0.832. The number of methoxy groups -OCH3 is 1. The first-order chi connectivity index (χ1) is 8.74. The second-order valence-electron chi connectivity index (χ2n) is 3.89. The standard InChI is InChI=1S/C14H20O4/c1-12(15)13-4-6-14(7-5-13)18-9-3-8-17-11-10-16-2/h4-7H,3,8-11H2,1-2H3. The number of ketones is 1. The normalized spacial score (nSPS) is 10.3. The third kappa shape index (κ3) is 5.80. The molecule has 0 saturated carbocycles. The summed E-state index contributed by atoms with van der Waals surface area (Å²) in [5, 5.41) is 0. The van der Waals surface area contributed by atoms with E-state index in [0.29, 0.717) is 32.0 Å². The maximum atomic E-state index is 11.1. The number of rotatable bonds is 9. The lowest BCUT2D eigenvalue weighted by Gasteiger charge is -2.07. The van der Waals surface area contributed by atoms with Gasteiger partial charge in [0.15, 0.2) is 5.78 Å². The summed E-state index contributed by atoms with van der Waals surface area (Å²) in [6, 6.07) is 7.16. The van der Waals surface area contributed by atoms with E-state index in [2.05, 4.69) is 0 Å². The van der Waals surface area contributed by atoms with Gasteiger partial charge in [-0.15, -0.1) is 0 Å². The fraction of sp³-hybridized carbons (Fsp3) is 0.500. The van der Waals surface area contributed by atoms with Crippen LogP contribution in [0.5, 0.6) is 5.75 Å². The SMILES string of the molecule is COCCOCCCOc1ccc(C(C)=O)cc1. The van der Waals surface area contributed by atoms with E-state index >= 15 is 0 Å². The van der Waals surface area contributed by atoms with E-state index in [0.717, 1.165) is 12.2 Å². The average Bonchev–Trinajstić information content (AvgIpc) is 2.38. The summed E-state index contributed by atoms with van der Waals surface area (Å²) in [5.41, 5.74) is 0.699. The fourth-order valence-electron chi connectivity index (χ4n) is 1.38. The van der Waals surface area contributed by atoms with Gasteiger partial charge in [-0.25, -0.2) is 0 Å². The van der Waals surface area contributed by atoms with E-state index in [-0.39, 0.29) is 5.78 Å². The number of hydrogen-bond acceptors (Lipinski definition) is 4. The Morgan fingerprint density at radius 1 is 1.06 bits per heavy atom. The molecule has 0 aliphatic heterocycles. The second-order valence-corrected chi connectivity index (χ2v) is 3.89. The van der Waals surface area contributed by atoms with Crippen molar-refractivity contribution in [2.45, 2.75) is 13.3 Å². The van der Waals surface area contributed by atoms with Crippen LogP contribution in [0.2, 0.25) is 0 Å². The molecule has 0 aliphatic rings. The summed E-state index contributed by atoms with van der Waals surface area (Å²) < 4.78 is 15.7. The minimum absolute atomic E-state index is 0.0630. The van der Waals surface area contributed by atoms with E-state index < -0.39 is 0 Å². The third-order valence-electron chi connectivity index (χ3n) is 2.39. The molecule has 0 radical (unpaired) electrons. The molecule has 1 aromatic rings. The number of hydrogen-bond donors (Lipinski definition) is 0. The zero-order chi connectivity index (χ0) is 13.2. The van der Waals surface area contributed by atoms with Gasteiger partial charge >= 0.3 is 0 Å². The summed E-state index contributed by atoms with van der Waals surface area (Å²) in [4.78, 5) is 11.1. The molecule has 0 spiro atoms. The fourth-order valence-corrected chi connectivity index (χ4v) is 1.38. The highest BCUT2D eigenvalue weighted by molar-refractivity contribution is 5.94. The van der Waals surface area contributed by atoms with Gasteiger partial charge in [0, 0.05) is 25.7 Å². The van der Waals surface area contributed by atoms with E-state index in [1.54, 1.807) is 26.2 Å². The second kappa shape index (κ2) is 8.66. The minimum atomic E-state index is 0.0630. The Hall–Kier alpha value is -1.39. The predicted octanol–water partition coefficient (Wildman–Crippen LogP) is 2.32. The first-order valence-corrected chi connectivity index (χ1v) is 6.04. The highest BCUT2D eigenvalue weighted by Gasteiger charge is 1.99. The Morgan fingerprint density at radius 3 is 2.39 bits per heavy atom. The molecule has 0 saturated heterocycles. The van der Waals surface area contributed by atoms with Gasteiger partial charge in [-0.2, -0.15) is 0 Å². The van der Waals surface area contributed by atoms with Crippen molar-refractivity contribution in [2.24, 2.45) is 0 Å². The van der Waals surface area contributed by atoms with Crippen molar-refractivity contribution in [3.8, 4) is 5.75 Å². The maximum Gasteiger partial charge on any atom is 0.159 e. The molecule has 0 N–H and O–H groups in total. The molecule has 18 heavy (non-hydrogen) atoms. The van der Waals surface area contributed by atoms with Gasteiger partial charge in [-0.1, -0.05) is 0 Å². The van der Waals surface area contributed by atoms with Crippen LogP contribution in [0, 0.1) is 0 Å². The molecule has 4 nitrogen and oxygen atoms in total. The van der Waals surface area contributed by atoms with Gasteiger partial charge in [0.05, 0.1) is 19.8 Å². The lowest BCUT2D eigenvalue weighted by Crippen LogP contribution is -2.06. The number of Topliss-reactive ketones (excluding diaryl/α,β-unsaturated/α-hetero) is 1. The maximum absolute atomic E-state index is 11.1. The summed E-state index contributed by atoms with van der Waals surface area (Å²) in [5.74, 6) is 0.838. The molecule has 4 heteroatoms. The van der Waals surface area contributed by atoms with Crippen LogP contribution in [0.25, 0.3) is 0 Å². The monoisotopic (exact) mass is 252 g/mol. The summed E-state index contributed by atoms with van der Waals surface area (Å²) in [6.45, 7) is 4.05. The molecule has 1 aromatic carbocycles. The van der Waals surface area contributed by atoms with Crippen molar-refractivity contribution < 1.29 is 19.0 Å². The zero-order valence-corrected chi connectivity index (χ0v) is 11.0. The lowest BCUT2D eigenvalue weighted by molar-refractivity contribution is 0.0644. The third-order valence-corrected chi connectivity index (χ3v) is 2.39. The quantitative estimate of drug-likeness (QED) is 0.500. The van der Waals surface area contributed by atoms with Gasteiger partial charge in [0.25, 0.3) is 0 Å². The Kier molecular flexibility index (Phi) is 7.06. The molecule has 0 amide bonds. The van der Waals surface area contributed by atoms with Gasteiger partial charge in [-0.3, -0.25) is 4.79 Å². The topological polar surface area (TPSA) is 44.8 Å². The van der Waals surface area contributed by atoms with Crippen molar-refractivity contribution in [2.75, 3.05) is 33.5 Å². The highest BCUT2D eigenvalue weighted by Crippen LogP contribution is 2.12. The van der Waals surface area contributed by atoms with Crippen molar-refractivity contribution >= 4 is 5.78 Å². The van der Waals surface area contributed by atoms with Crippen LogP contribution in [0.3, 0.4) is 0 Å². The predicted molar refractivity (Wildman–Crippen MR) is 69.3 cm³/mol. The van der Waals surface area contributed by atoms with E-state index in [9.17, 15) is 4.79 Å². The van der Waals surface area contributed by atoms with Gasteiger partial charge in [-0.05, 0) is 31.2 Å². The van der Waals surface area contributed by atoms with E-state index in [4.69, 9.17) is 14.2 Å². The van der Waals surface area contributed by atoms with Crippen LogP contribution in [0.15, 0.2) is 24.3 Å². The van der Waals surface area contributed by atoms with Crippen LogP contribution in [-0.2, 0) is 9.47 Å². The van der Waals surface area contributed by atoms with Crippen molar-refractivity contribution in [1.29, 1.82) is 0 Å². The van der Waals surface area contributed by atoms with Gasteiger partial charge < -0.3 is 14.2 Å². The Balaban J connectivity index is 2.14. The minimum Gasteiger partial charge on any atom is -0.494 e. The molecule has 0 fully saturated rings. The molecule has 0 aliphatic carbocycles. The smallest absolute Gasteiger partial charge is 0.159 e. The molecule has 0 bridgehead atoms. The number of carbonyl (C=O) groups is 1. The molecule has 0 unspecified atom stereocenters. The van der Waals surface area contributed by atoms with Gasteiger partial charge in [0.1, 0.15) is 5.75 Å². The van der Waals surface area contributed by atoms with Crippen LogP contribution in [0.4, 0.5) is 0 Å². The van der Waals surface area contributed by atoms with Crippen LogP contribution in [0.1, 0.15) is 23.7 Å². The van der Waals surface area contributed by atoms with Crippen molar-refractivity contribution in [3.63, 3.8) is 0 Å². The zero-order valence-electron chi connectivity index (χ0n) is 11.0. The highest BCUT2D eigenvalue weighted by atomic mass is 16.5. The van der Waals surface area contributed by atoms with Crippen LogP contribution < -0.4 is 4.74 Å². The molecular weight excluding hydrogens is 232 g/mol. The van der Waals surface area contributed by atoms with Crippen LogP contribution >= 0.6 is 0 Å². The summed E-state index contributed by atoms with van der Waals surface area (Å²) in [7, 11) is 1.65. The Morgan fingerprint density at radius 2 is 1.78 bits per heavy atom. The van der Waals surface area contributed by atoms with E-state index in [1.165, 1.54) is 0 Å².